The second-order valence-corrected chi connectivity index (χ2v) is 6.14. The minimum atomic E-state index is 0.119. The van der Waals surface area contributed by atoms with Crippen LogP contribution in [0.2, 0.25) is 5.02 Å². The summed E-state index contributed by atoms with van der Waals surface area (Å²) in [6.07, 6.45) is 0.826. The van der Waals surface area contributed by atoms with Crippen molar-refractivity contribution in [3.05, 3.63) is 40.5 Å². The maximum absolute atomic E-state index is 6.22. The standard InChI is InChI=1S/C14H18ClN3S/c1-9(16)8-11-10(2)17-18(3)14(11)19-13-7-5-4-6-12(13)15/h4-7,9H,8,16H2,1-3H3. The molecular formula is C14H18ClN3S. The highest BCUT2D eigenvalue weighted by atomic mass is 35.5. The van der Waals surface area contributed by atoms with Gasteiger partial charge in [0, 0.05) is 23.5 Å². The smallest absolute Gasteiger partial charge is 0.102 e. The third kappa shape index (κ3) is 3.32. The number of rotatable bonds is 4. The van der Waals surface area contributed by atoms with Crippen LogP contribution in [0.4, 0.5) is 0 Å². The van der Waals surface area contributed by atoms with Crippen molar-refractivity contribution >= 4 is 23.4 Å². The third-order valence-electron chi connectivity index (χ3n) is 2.86. The predicted octanol–water partition coefficient (Wildman–Crippen LogP) is 3.42. The molecule has 0 amide bonds. The summed E-state index contributed by atoms with van der Waals surface area (Å²) in [5, 5.41) is 6.36. The molecule has 2 N–H and O–H groups in total. The monoisotopic (exact) mass is 295 g/mol. The molecule has 0 bridgehead atoms. The van der Waals surface area contributed by atoms with Gasteiger partial charge in [0.05, 0.1) is 10.7 Å². The third-order valence-corrected chi connectivity index (χ3v) is 4.58. The van der Waals surface area contributed by atoms with E-state index in [2.05, 4.69) is 5.10 Å². The van der Waals surface area contributed by atoms with Crippen molar-refractivity contribution in [3.8, 4) is 0 Å². The zero-order chi connectivity index (χ0) is 14.0. The van der Waals surface area contributed by atoms with E-state index >= 15 is 0 Å². The van der Waals surface area contributed by atoms with Crippen molar-refractivity contribution in [1.82, 2.24) is 9.78 Å². The Balaban J connectivity index is 2.37. The minimum absolute atomic E-state index is 0.119. The van der Waals surface area contributed by atoms with E-state index in [1.54, 1.807) is 11.8 Å². The summed E-state index contributed by atoms with van der Waals surface area (Å²) in [5.74, 6) is 0. The van der Waals surface area contributed by atoms with Crippen molar-refractivity contribution < 1.29 is 0 Å². The molecule has 1 aromatic carbocycles. The van der Waals surface area contributed by atoms with Gasteiger partial charge in [0.2, 0.25) is 0 Å². The molecule has 0 aliphatic carbocycles. The van der Waals surface area contributed by atoms with E-state index in [9.17, 15) is 0 Å². The first-order valence-electron chi connectivity index (χ1n) is 6.19. The molecule has 2 rings (SSSR count). The Morgan fingerprint density at radius 2 is 2.11 bits per heavy atom. The SMILES string of the molecule is Cc1nn(C)c(Sc2ccccc2Cl)c1CC(C)N. The number of aryl methyl sites for hydroxylation is 2. The molecule has 0 spiro atoms. The minimum Gasteiger partial charge on any atom is -0.328 e. The Kier molecular flexibility index (Phi) is 4.55. The number of nitrogens with zero attached hydrogens (tertiary/aromatic N) is 2. The fraction of sp³-hybridized carbons (Fsp3) is 0.357. The van der Waals surface area contributed by atoms with Gasteiger partial charge in [-0.3, -0.25) is 4.68 Å². The highest BCUT2D eigenvalue weighted by Crippen LogP contribution is 2.36. The van der Waals surface area contributed by atoms with Gasteiger partial charge >= 0.3 is 0 Å². The van der Waals surface area contributed by atoms with Gasteiger partial charge in [-0.15, -0.1) is 0 Å². The molecule has 1 heterocycles. The summed E-state index contributed by atoms with van der Waals surface area (Å²) in [5.41, 5.74) is 8.17. The van der Waals surface area contributed by atoms with Crippen LogP contribution in [-0.4, -0.2) is 15.8 Å². The quantitative estimate of drug-likeness (QED) is 0.940. The van der Waals surface area contributed by atoms with Gasteiger partial charge in [0.25, 0.3) is 0 Å². The van der Waals surface area contributed by atoms with Crippen LogP contribution >= 0.6 is 23.4 Å². The first-order chi connectivity index (χ1) is 8.99. The Hall–Kier alpha value is -0.970. The lowest BCUT2D eigenvalue weighted by Crippen LogP contribution is -2.18. The molecule has 0 fully saturated rings. The molecule has 0 radical (unpaired) electrons. The predicted molar refractivity (Wildman–Crippen MR) is 80.9 cm³/mol. The van der Waals surface area contributed by atoms with Crippen LogP contribution in [0.15, 0.2) is 34.2 Å². The van der Waals surface area contributed by atoms with Crippen molar-refractivity contribution in [2.45, 2.75) is 36.2 Å². The maximum atomic E-state index is 6.22. The zero-order valence-corrected chi connectivity index (χ0v) is 12.9. The van der Waals surface area contributed by atoms with E-state index in [4.69, 9.17) is 17.3 Å². The normalized spacial score (nSPS) is 12.7. The van der Waals surface area contributed by atoms with Crippen molar-refractivity contribution in [1.29, 1.82) is 0 Å². The number of halogens is 1. The average molecular weight is 296 g/mol. The topological polar surface area (TPSA) is 43.8 Å². The Morgan fingerprint density at radius 3 is 2.74 bits per heavy atom. The van der Waals surface area contributed by atoms with Crippen molar-refractivity contribution in [2.75, 3.05) is 0 Å². The first-order valence-corrected chi connectivity index (χ1v) is 7.39. The molecule has 0 saturated heterocycles. The maximum Gasteiger partial charge on any atom is 0.102 e. The molecule has 102 valence electrons. The molecule has 19 heavy (non-hydrogen) atoms. The van der Waals surface area contributed by atoms with E-state index < -0.39 is 0 Å². The van der Waals surface area contributed by atoms with Crippen LogP contribution in [0.1, 0.15) is 18.2 Å². The van der Waals surface area contributed by atoms with E-state index in [1.165, 1.54) is 5.56 Å². The number of nitrogens with two attached hydrogens (primary N) is 1. The number of hydrogen-bond acceptors (Lipinski definition) is 3. The van der Waals surface area contributed by atoms with E-state index in [0.717, 1.165) is 27.1 Å². The lowest BCUT2D eigenvalue weighted by atomic mass is 10.1. The molecule has 1 atom stereocenters. The van der Waals surface area contributed by atoms with Gasteiger partial charge in [0.15, 0.2) is 0 Å². The van der Waals surface area contributed by atoms with Gasteiger partial charge in [0.1, 0.15) is 5.03 Å². The number of aromatic nitrogens is 2. The molecule has 1 unspecified atom stereocenters. The van der Waals surface area contributed by atoms with Gasteiger partial charge in [-0.1, -0.05) is 35.5 Å². The fourth-order valence-electron chi connectivity index (χ4n) is 2.00. The van der Waals surface area contributed by atoms with E-state index in [0.29, 0.717) is 0 Å². The van der Waals surface area contributed by atoms with Crippen LogP contribution < -0.4 is 5.73 Å². The largest absolute Gasteiger partial charge is 0.328 e. The summed E-state index contributed by atoms with van der Waals surface area (Å²) in [6.45, 7) is 4.03. The molecule has 2 aromatic rings. The van der Waals surface area contributed by atoms with Gasteiger partial charge in [-0.25, -0.2) is 0 Å². The van der Waals surface area contributed by atoms with Crippen molar-refractivity contribution in [2.24, 2.45) is 12.8 Å². The highest BCUT2D eigenvalue weighted by molar-refractivity contribution is 7.99. The van der Waals surface area contributed by atoms with Crippen molar-refractivity contribution in [3.63, 3.8) is 0 Å². The van der Waals surface area contributed by atoms with Gasteiger partial charge in [-0.2, -0.15) is 5.10 Å². The molecule has 5 heteroatoms. The number of hydrogen-bond donors (Lipinski definition) is 1. The summed E-state index contributed by atoms with van der Waals surface area (Å²) in [4.78, 5) is 1.04. The Bertz CT molecular complexity index is 578. The second kappa shape index (κ2) is 5.99. The van der Waals surface area contributed by atoms with E-state index in [-0.39, 0.29) is 6.04 Å². The number of benzene rings is 1. The molecule has 0 aliphatic rings. The Morgan fingerprint density at radius 1 is 1.42 bits per heavy atom. The molecular weight excluding hydrogens is 278 g/mol. The van der Waals surface area contributed by atoms with Crippen LogP contribution in [0.5, 0.6) is 0 Å². The summed E-state index contributed by atoms with van der Waals surface area (Å²) in [6, 6.07) is 7.96. The van der Waals surface area contributed by atoms with Crippen LogP contribution in [-0.2, 0) is 13.5 Å². The second-order valence-electron chi connectivity index (χ2n) is 4.71. The van der Waals surface area contributed by atoms with Crippen LogP contribution in [0.3, 0.4) is 0 Å². The van der Waals surface area contributed by atoms with Gasteiger partial charge in [-0.05, 0) is 32.4 Å². The lowest BCUT2D eigenvalue weighted by Gasteiger charge is -2.09. The summed E-state index contributed by atoms with van der Waals surface area (Å²) < 4.78 is 1.90. The molecule has 3 nitrogen and oxygen atoms in total. The molecule has 1 aromatic heterocycles. The zero-order valence-electron chi connectivity index (χ0n) is 11.4. The van der Waals surface area contributed by atoms with Crippen LogP contribution in [0, 0.1) is 6.92 Å². The lowest BCUT2D eigenvalue weighted by molar-refractivity contribution is 0.677. The van der Waals surface area contributed by atoms with Gasteiger partial charge < -0.3 is 5.73 Å². The Labute approximate surface area is 123 Å². The molecule has 0 saturated carbocycles. The molecule has 0 aliphatic heterocycles. The first kappa shape index (κ1) is 14.4. The average Bonchev–Trinajstić information content (AvgIpc) is 2.58. The fourth-order valence-corrected chi connectivity index (χ4v) is 3.30. The van der Waals surface area contributed by atoms with E-state index in [1.807, 2.05) is 49.8 Å². The summed E-state index contributed by atoms with van der Waals surface area (Å²) >= 11 is 7.86. The summed E-state index contributed by atoms with van der Waals surface area (Å²) in [7, 11) is 1.96. The highest BCUT2D eigenvalue weighted by Gasteiger charge is 2.16. The van der Waals surface area contributed by atoms with Crippen LogP contribution in [0.25, 0.3) is 0 Å².